The summed E-state index contributed by atoms with van der Waals surface area (Å²) in [5, 5.41) is 12.5. The van der Waals surface area contributed by atoms with Crippen LogP contribution in [0.2, 0.25) is 20.1 Å². The van der Waals surface area contributed by atoms with Crippen molar-refractivity contribution < 1.29 is 13.9 Å². The van der Waals surface area contributed by atoms with Crippen LogP contribution in [0.15, 0.2) is 46.0 Å². The van der Waals surface area contributed by atoms with E-state index in [0.717, 1.165) is 11.8 Å². The Morgan fingerprint density at radius 3 is 2.59 bits per heavy atom. The third-order valence-electron chi connectivity index (χ3n) is 3.50. The van der Waals surface area contributed by atoms with Crippen molar-refractivity contribution >= 4 is 69.8 Å². The Kier molecular flexibility index (Phi) is 7.54. The number of nitrogens with zero attached hydrogens (tertiary/aromatic N) is 2. The van der Waals surface area contributed by atoms with Crippen LogP contribution in [0, 0.1) is 0 Å². The van der Waals surface area contributed by atoms with Crippen molar-refractivity contribution in [2.24, 2.45) is 0 Å². The molecular weight excluding hydrogens is 480 g/mol. The topological polar surface area (TPSA) is 77.2 Å². The molecule has 29 heavy (non-hydrogen) atoms. The molecule has 1 heterocycles. The summed E-state index contributed by atoms with van der Waals surface area (Å²) in [6.45, 7) is 1.74. The van der Waals surface area contributed by atoms with Gasteiger partial charge in [-0.05, 0) is 43.3 Å². The predicted octanol–water partition coefficient (Wildman–Crippen LogP) is 6.55. The molecule has 1 atom stereocenters. The van der Waals surface area contributed by atoms with Crippen LogP contribution >= 0.6 is 58.2 Å². The van der Waals surface area contributed by atoms with E-state index in [2.05, 4.69) is 15.5 Å². The molecule has 0 saturated heterocycles. The highest BCUT2D eigenvalue weighted by atomic mass is 35.5. The molecule has 0 aliphatic heterocycles. The predicted molar refractivity (Wildman–Crippen MR) is 116 cm³/mol. The first-order valence-corrected chi connectivity index (χ1v) is 10.6. The average Bonchev–Trinajstić information content (AvgIpc) is 3.14. The maximum absolute atomic E-state index is 12.1. The number of rotatable bonds is 7. The molecule has 3 aromatic rings. The van der Waals surface area contributed by atoms with Gasteiger partial charge in [0.1, 0.15) is 5.75 Å². The summed E-state index contributed by atoms with van der Waals surface area (Å²) in [6, 6.07) is 9.69. The number of anilines is 1. The maximum atomic E-state index is 12.1. The van der Waals surface area contributed by atoms with E-state index >= 15 is 0 Å². The summed E-state index contributed by atoms with van der Waals surface area (Å²) < 4.78 is 11.3. The Labute approximate surface area is 190 Å². The van der Waals surface area contributed by atoms with Crippen molar-refractivity contribution in [1.82, 2.24) is 10.2 Å². The van der Waals surface area contributed by atoms with Gasteiger partial charge in [-0.15, -0.1) is 10.2 Å². The summed E-state index contributed by atoms with van der Waals surface area (Å²) in [5.41, 5.74) is 0.429. The molecule has 0 fully saturated rings. The first kappa shape index (κ1) is 22.1. The summed E-state index contributed by atoms with van der Waals surface area (Å²) in [5.74, 6) is 0.435. The average molecular weight is 493 g/mol. The summed E-state index contributed by atoms with van der Waals surface area (Å²) >= 11 is 25.0. The molecule has 11 heteroatoms. The minimum Gasteiger partial charge on any atom is -0.479 e. The van der Waals surface area contributed by atoms with Gasteiger partial charge in [0.05, 0.1) is 21.5 Å². The second-order valence-electron chi connectivity index (χ2n) is 5.70. The number of benzene rings is 2. The Bertz CT molecular complexity index is 1030. The molecule has 3 rings (SSSR count). The summed E-state index contributed by atoms with van der Waals surface area (Å²) in [4.78, 5) is 12.1. The normalized spacial score (nSPS) is 11.9. The molecular formula is C18H13Cl4N3O3S. The van der Waals surface area contributed by atoms with Crippen LogP contribution in [0.3, 0.4) is 0 Å². The Morgan fingerprint density at radius 2 is 1.83 bits per heavy atom. The van der Waals surface area contributed by atoms with Crippen molar-refractivity contribution in [1.29, 1.82) is 0 Å². The fraction of sp³-hybridized carbons (Fsp3) is 0.167. The SMILES string of the molecule is C[C@H](Oc1ccc(Cl)cc1Cl)c1nnc(SCC(=O)Nc2cc(Cl)ccc2Cl)o1. The Hall–Kier alpha value is -1.64. The fourth-order valence-corrected chi connectivity index (χ4v) is 3.52. The van der Waals surface area contributed by atoms with E-state index in [9.17, 15) is 4.79 Å². The number of hydrogen-bond acceptors (Lipinski definition) is 6. The highest BCUT2D eigenvalue weighted by Crippen LogP contribution is 2.31. The number of ether oxygens (including phenoxy) is 1. The van der Waals surface area contributed by atoms with Gasteiger partial charge in [0, 0.05) is 10.0 Å². The second kappa shape index (κ2) is 9.91. The minimum atomic E-state index is -0.547. The van der Waals surface area contributed by atoms with Crippen LogP contribution in [0.25, 0.3) is 0 Å². The number of nitrogens with one attached hydrogen (secondary N) is 1. The van der Waals surface area contributed by atoms with Crippen molar-refractivity contribution in [2.75, 3.05) is 11.1 Å². The van der Waals surface area contributed by atoms with Crippen molar-refractivity contribution in [3.05, 3.63) is 62.4 Å². The summed E-state index contributed by atoms with van der Waals surface area (Å²) in [7, 11) is 0. The quantitative estimate of drug-likeness (QED) is 0.376. The number of thioether (sulfide) groups is 1. The van der Waals surface area contributed by atoms with Gasteiger partial charge in [0.25, 0.3) is 11.1 Å². The fourth-order valence-electron chi connectivity index (χ4n) is 2.16. The first-order valence-electron chi connectivity index (χ1n) is 8.14. The van der Waals surface area contributed by atoms with Crippen LogP contribution in [0.5, 0.6) is 5.75 Å². The van der Waals surface area contributed by atoms with Crippen LogP contribution in [0.1, 0.15) is 18.9 Å². The van der Waals surface area contributed by atoms with Crippen LogP contribution in [-0.4, -0.2) is 21.9 Å². The molecule has 1 N–H and O–H groups in total. The molecule has 0 bridgehead atoms. The number of halogens is 4. The molecule has 6 nitrogen and oxygen atoms in total. The first-order chi connectivity index (χ1) is 13.8. The number of amides is 1. The molecule has 0 aliphatic rings. The van der Waals surface area contributed by atoms with E-state index in [1.807, 2.05) is 0 Å². The van der Waals surface area contributed by atoms with E-state index < -0.39 is 6.10 Å². The van der Waals surface area contributed by atoms with Crippen molar-refractivity contribution in [2.45, 2.75) is 18.3 Å². The molecule has 0 unspecified atom stereocenters. The highest BCUT2D eigenvalue weighted by molar-refractivity contribution is 7.99. The van der Waals surface area contributed by atoms with E-state index in [1.165, 1.54) is 0 Å². The highest BCUT2D eigenvalue weighted by Gasteiger charge is 2.18. The third kappa shape index (κ3) is 6.17. The van der Waals surface area contributed by atoms with Gasteiger partial charge in [0.2, 0.25) is 5.91 Å². The lowest BCUT2D eigenvalue weighted by atomic mass is 10.3. The van der Waals surface area contributed by atoms with Gasteiger partial charge >= 0.3 is 0 Å². The minimum absolute atomic E-state index is 0.0444. The lowest BCUT2D eigenvalue weighted by Crippen LogP contribution is -2.14. The van der Waals surface area contributed by atoms with Gasteiger partial charge in [0.15, 0.2) is 6.10 Å². The molecule has 1 aromatic heterocycles. The number of carbonyl (C=O) groups excluding carboxylic acids is 1. The third-order valence-corrected chi connectivity index (χ3v) is 5.41. The number of aromatic nitrogens is 2. The lowest BCUT2D eigenvalue weighted by molar-refractivity contribution is -0.113. The Balaban J connectivity index is 1.55. The van der Waals surface area contributed by atoms with Gasteiger partial charge in [-0.25, -0.2) is 0 Å². The van der Waals surface area contributed by atoms with E-state index in [0.29, 0.717) is 31.5 Å². The zero-order valence-corrected chi connectivity index (χ0v) is 18.6. The molecule has 1 amide bonds. The maximum Gasteiger partial charge on any atom is 0.277 e. The van der Waals surface area contributed by atoms with E-state index in [4.69, 9.17) is 55.6 Å². The monoisotopic (exact) mass is 491 g/mol. The van der Waals surface area contributed by atoms with E-state index in [-0.39, 0.29) is 22.8 Å². The number of carbonyl (C=O) groups is 1. The molecule has 152 valence electrons. The smallest absolute Gasteiger partial charge is 0.277 e. The van der Waals surface area contributed by atoms with Crippen molar-refractivity contribution in [3.8, 4) is 5.75 Å². The van der Waals surface area contributed by atoms with Gasteiger partial charge in [-0.3, -0.25) is 4.79 Å². The molecule has 0 radical (unpaired) electrons. The zero-order chi connectivity index (χ0) is 21.0. The Morgan fingerprint density at radius 1 is 1.10 bits per heavy atom. The molecule has 0 spiro atoms. The molecule has 2 aromatic carbocycles. The standard InChI is InChI=1S/C18H13Cl4N3O3S/c1-9(27-15-5-3-10(19)6-13(15)22)17-24-25-18(28-17)29-8-16(26)23-14-7-11(20)2-4-12(14)21/h2-7,9H,8H2,1H3,(H,23,26)/t9-/m0/s1. The largest absolute Gasteiger partial charge is 0.479 e. The van der Waals surface area contributed by atoms with Gasteiger partial charge in [-0.1, -0.05) is 58.2 Å². The zero-order valence-electron chi connectivity index (χ0n) is 14.8. The summed E-state index contributed by atoms with van der Waals surface area (Å²) in [6.07, 6.45) is -0.547. The van der Waals surface area contributed by atoms with Crippen LogP contribution in [0.4, 0.5) is 5.69 Å². The van der Waals surface area contributed by atoms with Crippen molar-refractivity contribution in [3.63, 3.8) is 0 Å². The van der Waals surface area contributed by atoms with Crippen LogP contribution in [-0.2, 0) is 4.79 Å². The molecule has 0 saturated carbocycles. The van der Waals surface area contributed by atoms with Crippen LogP contribution < -0.4 is 10.1 Å². The van der Waals surface area contributed by atoms with Gasteiger partial charge in [-0.2, -0.15) is 0 Å². The number of hydrogen-bond donors (Lipinski definition) is 1. The van der Waals surface area contributed by atoms with Gasteiger partial charge < -0.3 is 14.5 Å². The lowest BCUT2D eigenvalue weighted by Gasteiger charge is -2.12. The van der Waals surface area contributed by atoms with E-state index in [1.54, 1.807) is 43.3 Å². The second-order valence-corrected chi connectivity index (χ2v) is 8.32. The molecule has 0 aliphatic carbocycles.